The zero-order chi connectivity index (χ0) is 15.5. The molecule has 0 saturated heterocycles. The Kier molecular flexibility index (Phi) is 9.04. The van der Waals surface area contributed by atoms with E-state index in [0.29, 0.717) is 19.4 Å². The molecule has 0 spiro atoms. The Morgan fingerprint density at radius 2 is 2.00 bits per heavy atom. The zero-order valence-corrected chi connectivity index (χ0v) is 12.3. The van der Waals surface area contributed by atoms with Crippen LogP contribution in [0, 0.1) is 0 Å². The Morgan fingerprint density at radius 1 is 1.35 bits per heavy atom. The number of hydrogen-bond acceptors (Lipinski definition) is 4. The number of carbonyl (C=O) groups excluding carboxylic acids is 1. The molecule has 20 heavy (non-hydrogen) atoms. The van der Waals surface area contributed by atoms with Gasteiger partial charge >= 0.3 is 5.97 Å². The van der Waals surface area contributed by atoms with Gasteiger partial charge in [-0.3, -0.25) is 9.59 Å². The highest BCUT2D eigenvalue weighted by Gasteiger charge is 2.12. The lowest BCUT2D eigenvalue weighted by Gasteiger charge is -2.06. The van der Waals surface area contributed by atoms with Crippen LogP contribution in [0.3, 0.4) is 0 Å². The van der Waals surface area contributed by atoms with E-state index < -0.39 is 12.0 Å². The van der Waals surface area contributed by atoms with Crippen LogP contribution in [0.2, 0.25) is 0 Å². The van der Waals surface area contributed by atoms with Gasteiger partial charge in [-0.2, -0.15) is 0 Å². The van der Waals surface area contributed by atoms with Gasteiger partial charge in [-0.15, -0.1) is 0 Å². The van der Waals surface area contributed by atoms with E-state index in [2.05, 4.69) is 5.32 Å². The Bertz CT molecular complexity index is 423. The van der Waals surface area contributed by atoms with E-state index in [4.69, 9.17) is 10.8 Å². The molecule has 1 rings (SSSR count). The first kappa shape index (κ1) is 18.1. The summed E-state index contributed by atoms with van der Waals surface area (Å²) in [5.41, 5.74) is 7.23. The highest BCUT2D eigenvalue weighted by Crippen LogP contribution is 2.13. The van der Waals surface area contributed by atoms with Crippen LogP contribution in [0.15, 0.2) is 35.6 Å². The molecule has 0 amide bonds. The molecular formula is C15H24N2O3. The molecule has 1 atom stereocenters. The second-order valence-electron chi connectivity index (χ2n) is 4.21. The fourth-order valence-corrected chi connectivity index (χ4v) is 1.52. The van der Waals surface area contributed by atoms with Gasteiger partial charge in [0.15, 0.2) is 0 Å². The quantitative estimate of drug-likeness (QED) is 0.689. The lowest BCUT2D eigenvalue weighted by Crippen LogP contribution is -2.30. The summed E-state index contributed by atoms with van der Waals surface area (Å²) in [5, 5.41) is 11.7. The number of hydrogen-bond donors (Lipinski definition) is 3. The molecule has 0 saturated carbocycles. The molecule has 0 heterocycles. The SMILES string of the molecule is CC.CC(=O)CNC1=CCC=C(CC(N)C(=O)O)C=C1. The topological polar surface area (TPSA) is 92.4 Å². The maximum atomic E-state index is 10.8. The number of allylic oxidation sites excluding steroid dienone is 4. The average Bonchev–Trinajstić information content (AvgIpc) is 2.64. The maximum absolute atomic E-state index is 10.8. The monoisotopic (exact) mass is 280 g/mol. The van der Waals surface area contributed by atoms with Crippen molar-refractivity contribution in [2.45, 2.75) is 39.7 Å². The Balaban J connectivity index is 0.00000172. The first-order chi connectivity index (χ1) is 9.49. The van der Waals surface area contributed by atoms with Crippen LogP contribution in [-0.4, -0.2) is 29.4 Å². The minimum atomic E-state index is -1.00. The predicted octanol–water partition coefficient (Wildman–Crippen LogP) is 1.76. The molecule has 0 fully saturated rings. The highest BCUT2D eigenvalue weighted by molar-refractivity contribution is 5.77. The molecule has 112 valence electrons. The second kappa shape index (κ2) is 9.97. The fraction of sp³-hybridized carbons (Fsp3) is 0.467. The van der Waals surface area contributed by atoms with Crippen molar-refractivity contribution in [1.29, 1.82) is 0 Å². The summed E-state index contributed by atoms with van der Waals surface area (Å²) >= 11 is 0. The van der Waals surface area contributed by atoms with E-state index in [1.807, 2.05) is 38.2 Å². The number of Topliss-reactive ketones (excluding diaryl/α,β-unsaturated/α-hetero) is 1. The molecule has 1 aliphatic carbocycles. The average molecular weight is 280 g/mol. The third-order valence-corrected chi connectivity index (χ3v) is 2.51. The van der Waals surface area contributed by atoms with Gasteiger partial charge in [-0.05, 0) is 31.4 Å². The molecule has 5 nitrogen and oxygen atoms in total. The van der Waals surface area contributed by atoms with Crippen molar-refractivity contribution in [3.05, 3.63) is 35.6 Å². The molecule has 1 aliphatic rings. The zero-order valence-electron chi connectivity index (χ0n) is 12.3. The Labute approximate surface area is 120 Å². The lowest BCUT2D eigenvalue weighted by atomic mass is 10.1. The molecule has 1 unspecified atom stereocenters. The third-order valence-electron chi connectivity index (χ3n) is 2.51. The number of nitrogens with two attached hydrogens (primary N) is 1. The van der Waals surface area contributed by atoms with E-state index in [1.54, 1.807) is 0 Å². The van der Waals surface area contributed by atoms with Gasteiger partial charge in [0, 0.05) is 5.70 Å². The number of ketones is 1. The van der Waals surface area contributed by atoms with Crippen molar-refractivity contribution in [1.82, 2.24) is 5.32 Å². The van der Waals surface area contributed by atoms with Gasteiger partial charge in [0.1, 0.15) is 11.8 Å². The van der Waals surface area contributed by atoms with Gasteiger partial charge < -0.3 is 16.2 Å². The Morgan fingerprint density at radius 3 is 2.55 bits per heavy atom. The van der Waals surface area contributed by atoms with E-state index in [1.165, 1.54) is 6.92 Å². The van der Waals surface area contributed by atoms with Crippen molar-refractivity contribution in [3.63, 3.8) is 0 Å². The largest absolute Gasteiger partial charge is 0.480 e. The van der Waals surface area contributed by atoms with Crippen molar-refractivity contribution in [3.8, 4) is 0 Å². The van der Waals surface area contributed by atoms with Crippen LogP contribution in [0.5, 0.6) is 0 Å². The fourth-order valence-electron chi connectivity index (χ4n) is 1.52. The van der Waals surface area contributed by atoms with Gasteiger partial charge in [0.2, 0.25) is 0 Å². The van der Waals surface area contributed by atoms with Crippen molar-refractivity contribution in [2.24, 2.45) is 5.73 Å². The smallest absolute Gasteiger partial charge is 0.320 e. The number of rotatable bonds is 6. The van der Waals surface area contributed by atoms with E-state index >= 15 is 0 Å². The summed E-state index contributed by atoms with van der Waals surface area (Å²) < 4.78 is 0. The van der Waals surface area contributed by atoms with Crippen LogP contribution in [0.25, 0.3) is 0 Å². The van der Waals surface area contributed by atoms with Crippen molar-refractivity contribution >= 4 is 11.8 Å². The second-order valence-corrected chi connectivity index (χ2v) is 4.21. The molecule has 0 aromatic rings. The molecule has 0 aliphatic heterocycles. The summed E-state index contributed by atoms with van der Waals surface area (Å²) in [7, 11) is 0. The molecule has 0 bridgehead atoms. The lowest BCUT2D eigenvalue weighted by molar-refractivity contribution is -0.138. The first-order valence-electron chi connectivity index (χ1n) is 6.78. The van der Waals surface area contributed by atoms with Crippen LogP contribution < -0.4 is 11.1 Å². The number of carbonyl (C=O) groups is 2. The summed E-state index contributed by atoms with van der Waals surface area (Å²) in [4.78, 5) is 21.5. The summed E-state index contributed by atoms with van der Waals surface area (Å²) in [6.07, 6.45) is 8.53. The molecule has 0 aromatic heterocycles. The normalized spacial score (nSPS) is 15.0. The van der Waals surface area contributed by atoms with Crippen molar-refractivity contribution in [2.75, 3.05) is 6.54 Å². The number of nitrogens with one attached hydrogen (secondary N) is 1. The number of carboxylic acids is 1. The number of aliphatic carboxylic acids is 1. The van der Waals surface area contributed by atoms with Gasteiger partial charge in [0.25, 0.3) is 0 Å². The van der Waals surface area contributed by atoms with Crippen molar-refractivity contribution < 1.29 is 14.7 Å². The molecule has 5 heteroatoms. The highest BCUT2D eigenvalue weighted by atomic mass is 16.4. The van der Waals surface area contributed by atoms with Gasteiger partial charge in [-0.25, -0.2) is 0 Å². The van der Waals surface area contributed by atoms with E-state index in [-0.39, 0.29) is 5.78 Å². The summed E-state index contributed by atoms with van der Waals surface area (Å²) in [6, 6.07) is -0.882. The first-order valence-corrected chi connectivity index (χ1v) is 6.78. The van der Waals surface area contributed by atoms with Crippen LogP contribution in [0.4, 0.5) is 0 Å². The standard InChI is InChI=1S/C13H18N2O3.C2H6/c1-9(16)8-15-11-4-2-3-10(5-6-11)7-12(14)13(17)18;1-2/h3-6,12,15H,2,7-8,14H2,1H3,(H,17,18);1-2H3. The third kappa shape index (κ3) is 7.53. The van der Waals surface area contributed by atoms with Crippen LogP contribution in [0.1, 0.15) is 33.6 Å². The van der Waals surface area contributed by atoms with Crippen LogP contribution in [-0.2, 0) is 9.59 Å². The molecule has 0 aromatic carbocycles. The Hall–Kier alpha value is -1.88. The van der Waals surface area contributed by atoms with E-state index in [0.717, 1.165) is 11.3 Å². The minimum absolute atomic E-state index is 0.0645. The van der Waals surface area contributed by atoms with Crippen LogP contribution >= 0.6 is 0 Å². The van der Waals surface area contributed by atoms with Gasteiger partial charge in [0.05, 0.1) is 6.54 Å². The predicted molar refractivity (Wildman–Crippen MR) is 80.2 cm³/mol. The molecule has 0 radical (unpaired) electrons. The van der Waals surface area contributed by atoms with Gasteiger partial charge in [-0.1, -0.05) is 32.1 Å². The van der Waals surface area contributed by atoms with E-state index in [9.17, 15) is 9.59 Å². The molecule has 4 N–H and O–H groups in total. The molecular weight excluding hydrogens is 256 g/mol. The summed E-state index contributed by atoms with van der Waals surface area (Å²) in [6.45, 7) is 5.81. The maximum Gasteiger partial charge on any atom is 0.320 e. The number of carboxylic acid groups (broad SMARTS) is 1. The minimum Gasteiger partial charge on any atom is -0.480 e. The summed E-state index contributed by atoms with van der Waals surface area (Å²) in [5.74, 6) is -0.939.